The lowest BCUT2D eigenvalue weighted by Gasteiger charge is -2.40. The SMILES string of the molecule is COc1ccc2c(c1)C(N1CCN(S(=O)(=O)c3ccccc3)C(C)C1)=Nc1cc(C(F)(F)F)ccc1O2. The van der Waals surface area contributed by atoms with Crippen LogP contribution in [0.5, 0.6) is 17.2 Å². The first-order valence-corrected chi connectivity index (χ1v) is 13.0. The van der Waals surface area contributed by atoms with Gasteiger partial charge in [0.1, 0.15) is 23.0 Å². The quantitative estimate of drug-likeness (QED) is 0.459. The number of hydrogen-bond acceptors (Lipinski definition) is 6. The standard InChI is InChI=1S/C26H24F3N3O4S/c1-17-16-31(12-13-32(17)37(33,34)20-6-4-3-5-7-20)25-21-15-19(35-2)9-11-23(21)36-24-10-8-18(26(27,28)29)14-22(24)30-25/h3-11,14-15,17H,12-13,16H2,1-2H3. The largest absolute Gasteiger partial charge is 0.497 e. The van der Waals surface area contributed by atoms with Crippen molar-refractivity contribution in [2.45, 2.75) is 24.0 Å². The number of ether oxygens (including phenoxy) is 2. The minimum atomic E-state index is -4.54. The van der Waals surface area contributed by atoms with Gasteiger partial charge in [-0.15, -0.1) is 0 Å². The van der Waals surface area contributed by atoms with Gasteiger partial charge in [0.15, 0.2) is 5.75 Å². The number of nitrogens with zero attached hydrogens (tertiary/aromatic N) is 3. The van der Waals surface area contributed by atoms with Crippen LogP contribution in [0, 0.1) is 0 Å². The fourth-order valence-corrected chi connectivity index (χ4v) is 6.15. The Morgan fingerprint density at radius 1 is 1.00 bits per heavy atom. The second kappa shape index (κ2) is 9.38. The number of alkyl halides is 3. The molecular weight excluding hydrogens is 507 g/mol. The topological polar surface area (TPSA) is 71.4 Å². The molecule has 194 valence electrons. The summed E-state index contributed by atoms with van der Waals surface area (Å²) in [4.78, 5) is 6.71. The number of benzene rings is 3. The predicted octanol–water partition coefficient (Wildman–Crippen LogP) is 5.29. The Hall–Kier alpha value is -3.57. The highest BCUT2D eigenvalue weighted by Crippen LogP contribution is 2.42. The van der Waals surface area contributed by atoms with Gasteiger partial charge in [0.05, 0.1) is 23.1 Å². The summed E-state index contributed by atoms with van der Waals surface area (Å²) in [6, 6.07) is 16.0. The third-order valence-corrected chi connectivity index (χ3v) is 8.40. The Morgan fingerprint density at radius 3 is 2.41 bits per heavy atom. The zero-order valence-corrected chi connectivity index (χ0v) is 20.9. The van der Waals surface area contributed by atoms with Crippen LogP contribution in [0.25, 0.3) is 0 Å². The van der Waals surface area contributed by atoms with Crippen LogP contribution < -0.4 is 9.47 Å². The van der Waals surface area contributed by atoms with E-state index in [0.717, 1.165) is 12.1 Å². The molecule has 0 radical (unpaired) electrons. The van der Waals surface area contributed by atoms with E-state index in [1.54, 1.807) is 55.5 Å². The number of amidine groups is 1. The first kappa shape index (κ1) is 25.1. The van der Waals surface area contributed by atoms with Gasteiger partial charge in [0.2, 0.25) is 10.0 Å². The summed E-state index contributed by atoms with van der Waals surface area (Å²) in [5.41, 5.74) is -0.267. The molecule has 11 heteroatoms. The lowest BCUT2D eigenvalue weighted by atomic mass is 10.1. The summed E-state index contributed by atoms with van der Waals surface area (Å²) >= 11 is 0. The molecule has 0 N–H and O–H groups in total. The molecule has 1 unspecified atom stereocenters. The van der Waals surface area contributed by atoms with Crippen LogP contribution in [-0.4, -0.2) is 56.2 Å². The second-order valence-corrected chi connectivity index (χ2v) is 10.7. The summed E-state index contributed by atoms with van der Waals surface area (Å²) in [6.45, 7) is 2.52. The van der Waals surface area contributed by atoms with Crippen LogP contribution >= 0.6 is 0 Å². The fourth-order valence-electron chi connectivity index (χ4n) is 4.52. The van der Waals surface area contributed by atoms with E-state index in [9.17, 15) is 21.6 Å². The van der Waals surface area contributed by atoms with Crippen molar-refractivity contribution in [1.29, 1.82) is 0 Å². The summed E-state index contributed by atoms with van der Waals surface area (Å²) < 4.78 is 79.6. The van der Waals surface area contributed by atoms with E-state index in [1.165, 1.54) is 17.5 Å². The monoisotopic (exact) mass is 531 g/mol. The van der Waals surface area contributed by atoms with Gasteiger partial charge >= 0.3 is 6.18 Å². The fraction of sp³-hybridized carbons (Fsp3) is 0.269. The van der Waals surface area contributed by atoms with Crippen molar-refractivity contribution in [2.24, 2.45) is 4.99 Å². The molecule has 1 atom stereocenters. The second-order valence-electron chi connectivity index (χ2n) is 8.80. The Labute approximate surface area is 212 Å². The zero-order valence-electron chi connectivity index (χ0n) is 20.1. The molecule has 3 aromatic carbocycles. The van der Waals surface area contributed by atoms with Crippen molar-refractivity contribution in [2.75, 3.05) is 26.7 Å². The highest BCUT2D eigenvalue weighted by atomic mass is 32.2. The van der Waals surface area contributed by atoms with Gasteiger partial charge in [-0.1, -0.05) is 18.2 Å². The van der Waals surface area contributed by atoms with Gasteiger partial charge in [0.25, 0.3) is 0 Å². The van der Waals surface area contributed by atoms with Gasteiger partial charge in [-0.25, -0.2) is 13.4 Å². The van der Waals surface area contributed by atoms with Crippen LogP contribution in [0.15, 0.2) is 76.6 Å². The van der Waals surface area contributed by atoms with Gasteiger partial charge in [-0.3, -0.25) is 0 Å². The number of rotatable bonds is 3. The number of methoxy groups -OCH3 is 1. The molecular formula is C26H24F3N3O4S. The average molecular weight is 532 g/mol. The number of hydrogen-bond donors (Lipinski definition) is 0. The van der Waals surface area contributed by atoms with Crippen molar-refractivity contribution in [1.82, 2.24) is 9.21 Å². The Morgan fingerprint density at radius 2 is 1.73 bits per heavy atom. The third kappa shape index (κ3) is 4.76. The van der Waals surface area contributed by atoms with E-state index in [0.29, 0.717) is 22.9 Å². The smallest absolute Gasteiger partial charge is 0.416 e. The van der Waals surface area contributed by atoms with Gasteiger partial charge in [-0.2, -0.15) is 17.5 Å². The number of halogens is 3. The Kier molecular flexibility index (Phi) is 6.36. The number of aliphatic imine (C=N–C) groups is 1. The summed E-state index contributed by atoms with van der Waals surface area (Å²) in [6.07, 6.45) is -4.54. The van der Waals surface area contributed by atoms with Crippen molar-refractivity contribution in [3.05, 3.63) is 77.9 Å². The highest BCUT2D eigenvalue weighted by molar-refractivity contribution is 7.89. The molecule has 2 aliphatic rings. The lowest BCUT2D eigenvalue weighted by Crippen LogP contribution is -2.55. The molecule has 0 saturated carbocycles. The van der Waals surface area contributed by atoms with Gasteiger partial charge in [0, 0.05) is 25.7 Å². The maximum atomic E-state index is 13.4. The molecule has 2 heterocycles. The van der Waals surface area contributed by atoms with E-state index in [1.807, 2.05) is 4.90 Å². The van der Waals surface area contributed by atoms with E-state index in [2.05, 4.69) is 4.99 Å². The number of piperazine rings is 1. The summed E-state index contributed by atoms with van der Waals surface area (Å²) in [7, 11) is -2.21. The number of sulfonamides is 1. The van der Waals surface area contributed by atoms with E-state index in [4.69, 9.17) is 9.47 Å². The van der Waals surface area contributed by atoms with Crippen molar-refractivity contribution < 1.29 is 31.1 Å². The van der Waals surface area contributed by atoms with Crippen LogP contribution in [0.2, 0.25) is 0 Å². The van der Waals surface area contributed by atoms with Gasteiger partial charge in [-0.05, 0) is 55.5 Å². The summed E-state index contributed by atoms with van der Waals surface area (Å²) in [5.74, 6) is 1.50. The van der Waals surface area contributed by atoms with Crippen molar-refractivity contribution >= 4 is 21.5 Å². The molecule has 0 aliphatic carbocycles. The lowest BCUT2D eigenvalue weighted by molar-refractivity contribution is -0.137. The normalized spacial score (nSPS) is 18.2. The molecule has 0 bridgehead atoms. The maximum Gasteiger partial charge on any atom is 0.416 e. The number of fused-ring (bicyclic) bond motifs is 2. The van der Waals surface area contributed by atoms with E-state index < -0.39 is 27.8 Å². The zero-order chi connectivity index (χ0) is 26.4. The van der Waals surface area contributed by atoms with Crippen molar-refractivity contribution in [3.63, 3.8) is 0 Å². The first-order valence-electron chi connectivity index (χ1n) is 11.6. The Bertz CT molecular complexity index is 1460. The molecule has 2 aliphatic heterocycles. The van der Waals surface area contributed by atoms with Crippen molar-refractivity contribution in [3.8, 4) is 17.2 Å². The van der Waals surface area contributed by atoms with Crippen LogP contribution in [-0.2, 0) is 16.2 Å². The van der Waals surface area contributed by atoms with E-state index in [-0.39, 0.29) is 36.0 Å². The molecule has 37 heavy (non-hydrogen) atoms. The maximum absolute atomic E-state index is 13.4. The minimum absolute atomic E-state index is 0.0342. The molecule has 5 rings (SSSR count). The molecule has 7 nitrogen and oxygen atoms in total. The average Bonchev–Trinajstić information content (AvgIpc) is 3.04. The molecule has 0 spiro atoms. The minimum Gasteiger partial charge on any atom is -0.497 e. The molecule has 0 aromatic heterocycles. The van der Waals surface area contributed by atoms with Crippen LogP contribution in [0.3, 0.4) is 0 Å². The summed E-state index contributed by atoms with van der Waals surface area (Å²) in [5, 5.41) is 0. The van der Waals surface area contributed by atoms with Crippen LogP contribution in [0.1, 0.15) is 18.1 Å². The molecule has 3 aromatic rings. The molecule has 1 fully saturated rings. The van der Waals surface area contributed by atoms with Gasteiger partial charge < -0.3 is 14.4 Å². The van der Waals surface area contributed by atoms with E-state index >= 15 is 0 Å². The predicted molar refractivity (Wildman–Crippen MR) is 132 cm³/mol. The Balaban J connectivity index is 1.54. The third-order valence-electron chi connectivity index (χ3n) is 6.38. The molecule has 1 saturated heterocycles. The first-order chi connectivity index (χ1) is 17.6. The molecule has 0 amide bonds. The highest BCUT2D eigenvalue weighted by Gasteiger charge is 2.37. The van der Waals surface area contributed by atoms with Crippen LogP contribution in [0.4, 0.5) is 18.9 Å².